The van der Waals surface area contributed by atoms with E-state index in [1.807, 2.05) is 0 Å². The Morgan fingerprint density at radius 1 is 0.981 bits per heavy atom. The highest BCUT2D eigenvalue weighted by Crippen LogP contribution is 2.33. The van der Waals surface area contributed by atoms with Crippen LogP contribution in [0.3, 0.4) is 0 Å². The Labute approximate surface area is 299 Å². The predicted octanol–water partition coefficient (Wildman–Crippen LogP) is 2.48. The number of para-hydroxylation sites is 1. The van der Waals surface area contributed by atoms with E-state index in [1.165, 1.54) is 48.4 Å². The summed E-state index contributed by atoms with van der Waals surface area (Å²) in [5, 5.41) is 27.5. The molecule has 5 rings (SSSR count). The molecule has 3 heterocycles. The lowest BCUT2D eigenvalue weighted by Gasteiger charge is -2.30. The molecule has 0 unspecified atom stereocenters. The van der Waals surface area contributed by atoms with Gasteiger partial charge in [0.05, 0.1) is 23.6 Å². The quantitative estimate of drug-likeness (QED) is 0.185. The second kappa shape index (κ2) is 16.0. The number of halogens is 2. The van der Waals surface area contributed by atoms with Gasteiger partial charge in [0.2, 0.25) is 17.7 Å². The zero-order chi connectivity index (χ0) is 37.7. The summed E-state index contributed by atoms with van der Waals surface area (Å²) in [6, 6.07) is 10.8. The number of pyridine rings is 1. The highest BCUT2D eigenvalue weighted by atomic mass is 19.3. The molecule has 0 aliphatic carbocycles. The van der Waals surface area contributed by atoms with Gasteiger partial charge in [-0.25, -0.2) is 13.6 Å². The number of alkyl carbamates (subject to hydrolysis) is 1. The summed E-state index contributed by atoms with van der Waals surface area (Å²) in [5.41, 5.74) is 1.58. The van der Waals surface area contributed by atoms with Crippen molar-refractivity contribution in [1.29, 1.82) is 0 Å². The van der Waals surface area contributed by atoms with Crippen LogP contribution in [0.4, 0.5) is 19.3 Å². The molecule has 1 aromatic heterocycles. The molecule has 52 heavy (non-hydrogen) atoms. The minimum absolute atomic E-state index is 0.198. The van der Waals surface area contributed by atoms with Crippen LogP contribution in [0.1, 0.15) is 56.0 Å². The third-order valence-electron chi connectivity index (χ3n) is 9.19. The number of amides is 5. The highest BCUT2D eigenvalue weighted by molar-refractivity contribution is 6.43. The molecule has 14 nitrogen and oxygen atoms in total. The van der Waals surface area contributed by atoms with Gasteiger partial charge in [-0.2, -0.15) is 0 Å². The van der Waals surface area contributed by atoms with Crippen LogP contribution >= 0.6 is 0 Å². The van der Waals surface area contributed by atoms with Gasteiger partial charge in [-0.1, -0.05) is 44.2 Å². The van der Waals surface area contributed by atoms with E-state index in [2.05, 4.69) is 20.9 Å². The van der Waals surface area contributed by atoms with Crippen molar-refractivity contribution in [2.45, 2.75) is 76.6 Å². The number of hydrogen-bond donors (Lipinski definition) is 5. The van der Waals surface area contributed by atoms with Crippen LogP contribution < -0.4 is 16.0 Å². The molecule has 0 spiro atoms. The van der Waals surface area contributed by atoms with E-state index in [9.17, 15) is 42.8 Å². The van der Waals surface area contributed by atoms with E-state index in [-0.39, 0.29) is 23.8 Å². The molecule has 0 bridgehead atoms. The molecule has 2 fully saturated rings. The lowest BCUT2D eigenvalue weighted by Crippen LogP contribution is -2.55. The average molecular weight is 723 g/mol. The Kier molecular flexibility index (Phi) is 11.7. The SMILES string of the molecule is CC(C)[C@H](NC(=O)OCc1ccc(NC(=O)[C@@H]2CC(F)(F)CN2C(=O)[C@@H](C)NC(=O)c2ccnc3ccccc23)cc1)C(=O)N1CCC[C@H]1B(O)O. The van der Waals surface area contributed by atoms with E-state index < -0.39 is 79.8 Å². The molecule has 0 saturated carbocycles. The Bertz CT molecular complexity index is 1810. The number of alkyl halides is 2. The third kappa shape index (κ3) is 8.82. The maximum atomic E-state index is 14.6. The topological polar surface area (TPSA) is 190 Å². The fourth-order valence-electron chi connectivity index (χ4n) is 6.46. The smallest absolute Gasteiger partial charge is 0.445 e. The number of carbonyl (C=O) groups excluding carboxylic acids is 5. The number of anilines is 1. The Morgan fingerprint density at radius 2 is 1.69 bits per heavy atom. The first-order valence-corrected chi connectivity index (χ1v) is 17.0. The van der Waals surface area contributed by atoms with Gasteiger partial charge in [-0.05, 0) is 55.5 Å². The Balaban J connectivity index is 1.15. The van der Waals surface area contributed by atoms with Crippen LogP contribution in [0, 0.1) is 5.92 Å². The minimum Gasteiger partial charge on any atom is -0.445 e. The summed E-state index contributed by atoms with van der Waals surface area (Å²) in [6.07, 6.45) is 0.722. The number of likely N-dealkylation sites (tertiary alicyclic amines) is 2. The summed E-state index contributed by atoms with van der Waals surface area (Å²) >= 11 is 0. The van der Waals surface area contributed by atoms with Gasteiger partial charge in [0.15, 0.2) is 0 Å². The fourth-order valence-corrected chi connectivity index (χ4v) is 6.46. The van der Waals surface area contributed by atoms with E-state index in [1.54, 1.807) is 38.1 Å². The van der Waals surface area contributed by atoms with E-state index in [0.717, 1.165) is 4.90 Å². The van der Waals surface area contributed by atoms with Crippen LogP contribution in [0.25, 0.3) is 10.9 Å². The molecular formula is C35H41BF2N6O8. The summed E-state index contributed by atoms with van der Waals surface area (Å²) < 4.78 is 34.5. The van der Waals surface area contributed by atoms with Crippen molar-refractivity contribution in [2.24, 2.45) is 5.92 Å². The van der Waals surface area contributed by atoms with Crippen molar-refractivity contribution in [3.8, 4) is 0 Å². The zero-order valence-electron chi connectivity index (χ0n) is 28.9. The summed E-state index contributed by atoms with van der Waals surface area (Å²) in [6.45, 7) is 3.99. The normalized spacial score (nSPS) is 19.2. The van der Waals surface area contributed by atoms with Crippen molar-refractivity contribution >= 4 is 53.4 Å². The van der Waals surface area contributed by atoms with Crippen molar-refractivity contribution < 1.29 is 47.5 Å². The van der Waals surface area contributed by atoms with E-state index in [4.69, 9.17) is 4.74 Å². The number of fused-ring (bicyclic) bond motifs is 1. The van der Waals surface area contributed by atoms with E-state index >= 15 is 0 Å². The number of hydrogen-bond acceptors (Lipinski definition) is 9. The van der Waals surface area contributed by atoms with Crippen molar-refractivity contribution in [3.63, 3.8) is 0 Å². The Hall–Kier alpha value is -5.16. The predicted molar refractivity (Wildman–Crippen MR) is 186 cm³/mol. The lowest BCUT2D eigenvalue weighted by molar-refractivity contribution is -0.138. The molecule has 276 valence electrons. The molecule has 2 aromatic carbocycles. The number of benzene rings is 2. The van der Waals surface area contributed by atoms with Crippen LogP contribution in [0.15, 0.2) is 60.8 Å². The summed E-state index contributed by atoms with van der Waals surface area (Å²) in [7, 11) is -1.69. The zero-order valence-corrected chi connectivity index (χ0v) is 28.9. The molecule has 17 heteroatoms. The lowest BCUT2D eigenvalue weighted by atomic mass is 9.77. The van der Waals surface area contributed by atoms with Gasteiger partial charge in [-0.3, -0.25) is 24.2 Å². The van der Waals surface area contributed by atoms with Crippen LogP contribution in [-0.2, 0) is 25.7 Å². The second-order valence-electron chi connectivity index (χ2n) is 13.4. The van der Waals surface area contributed by atoms with Gasteiger partial charge >= 0.3 is 13.2 Å². The highest BCUT2D eigenvalue weighted by Gasteiger charge is 2.51. The summed E-state index contributed by atoms with van der Waals surface area (Å²) in [4.78, 5) is 71.7. The van der Waals surface area contributed by atoms with Gasteiger partial charge < -0.3 is 40.5 Å². The van der Waals surface area contributed by atoms with Crippen molar-refractivity contribution in [2.75, 3.05) is 18.4 Å². The van der Waals surface area contributed by atoms with Gasteiger partial charge in [0.25, 0.3) is 11.8 Å². The molecular weight excluding hydrogens is 681 g/mol. The van der Waals surface area contributed by atoms with Gasteiger partial charge in [0.1, 0.15) is 24.7 Å². The second-order valence-corrected chi connectivity index (χ2v) is 13.4. The molecule has 5 amide bonds. The number of aromatic nitrogens is 1. The van der Waals surface area contributed by atoms with Gasteiger partial charge in [-0.15, -0.1) is 0 Å². The number of rotatable bonds is 11. The van der Waals surface area contributed by atoms with Gasteiger partial charge in [0, 0.05) is 30.2 Å². The molecule has 2 aliphatic rings. The van der Waals surface area contributed by atoms with Crippen LogP contribution in [0.5, 0.6) is 0 Å². The van der Waals surface area contributed by atoms with Crippen molar-refractivity contribution in [1.82, 2.24) is 25.4 Å². The fraction of sp³-hybridized carbons (Fsp3) is 0.429. The van der Waals surface area contributed by atoms with E-state index in [0.29, 0.717) is 35.9 Å². The first-order chi connectivity index (χ1) is 24.6. The largest absolute Gasteiger partial charge is 0.475 e. The summed E-state index contributed by atoms with van der Waals surface area (Å²) in [5.74, 6) is -7.13. The van der Waals surface area contributed by atoms with Crippen LogP contribution in [0.2, 0.25) is 0 Å². The van der Waals surface area contributed by atoms with Crippen LogP contribution in [-0.4, -0.2) is 105 Å². The Morgan fingerprint density at radius 3 is 2.38 bits per heavy atom. The maximum Gasteiger partial charge on any atom is 0.475 e. The molecule has 2 saturated heterocycles. The molecule has 4 atom stereocenters. The maximum absolute atomic E-state index is 14.6. The standard InChI is InChI=1S/C35H41BF2N6O8/c1-20(2)29(33(48)43-16-6-9-28(43)36(50)51)42-34(49)52-18-22-10-12-23(13-11-22)41-31(46)27-17-35(37,38)19-44(27)32(47)21(3)40-30(45)25-14-15-39-26-8-5-4-7-24(25)26/h4-5,7-8,10-15,20-21,27-29,50-51H,6,9,16-19H2,1-3H3,(H,40,45)(H,41,46)(H,42,49)/t21-,27+,28+,29+/m1/s1. The number of ether oxygens (including phenoxy) is 1. The molecule has 3 aromatic rings. The first-order valence-electron chi connectivity index (χ1n) is 17.0. The average Bonchev–Trinajstić information content (AvgIpc) is 3.74. The first kappa shape index (κ1) is 38.1. The molecule has 0 radical (unpaired) electrons. The third-order valence-corrected chi connectivity index (χ3v) is 9.19. The van der Waals surface area contributed by atoms with Crippen molar-refractivity contribution in [3.05, 3.63) is 71.9 Å². The molecule has 5 N–H and O–H groups in total. The molecule has 2 aliphatic heterocycles. The minimum atomic E-state index is -3.33. The number of carbonyl (C=O) groups is 5. The monoisotopic (exact) mass is 722 g/mol. The number of nitrogens with zero attached hydrogens (tertiary/aromatic N) is 3. The number of nitrogens with one attached hydrogen (secondary N) is 3.